The Morgan fingerprint density at radius 1 is 1.04 bits per heavy atom. The number of hydrogen-bond donors (Lipinski definition) is 0. The highest BCUT2D eigenvalue weighted by atomic mass is 79.9. The van der Waals surface area contributed by atoms with Crippen molar-refractivity contribution in [2.75, 3.05) is 14.2 Å². The third-order valence-corrected chi connectivity index (χ3v) is 7.44. The maximum absolute atomic E-state index is 13.9. The van der Waals surface area contributed by atoms with Crippen LogP contribution >= 0.6 is 31.9 Å². The molecular weight excluding hydrogens is 474 g/mol. The lowest BCUT2D eigenvalue weighted by Gasteiger charge is -2.39. The monoisotopic (exact) mass is 501 g/mol. The first-order valence-corrected chi connectivity index (χ1v) is 11.9. The molecule has 2 aliphatic rings. The zero-order valence-corrected chi connectivity index (χ0v) is 19.4. The molecule has 1 amide bonds. The van der Waals surface area contributed by atoms with E-state index in [0.29, 0.717) is 34.5 Å². The van der Waals surface area contributed by atoms with E-state index in [4.69, 9.17) is 9.47 Å². The molecule has 27 heavy (non-hydrogen) atoms. The smallest absolute Gasteiger partial charge is 0.261 e. The Bertz CT molecular complexity index is 668. The zero-order valence-electron chi connectivity index (χ0n) is 16.2. The first-order valence-electron chi connectivity index (χ1n) is 9.94. The molecule has 0 heterocycles. The van der Waals surface area contributed by atoms with E-state index < -0.39 is 0 Å². The summed E-state index contributed by atoms with van der Waals surface area (Å²) >= 11 is 7.14. The Labute approximate surface area is 179 Å². The largest absolute Gasteiger partial charge is 0.496 e. The van der Waals surface area contributed by atoms with Crippen LogP contribution in [0.25, 0.3) is 0 Å². The number of alkyl halides is 1. The minimum Gasteiger partial charge on any atom is -0.496 e. The van der Waals surface area contributed by atoms with Gasteiger partial charge < -0.3 is 14.4 Å². The summed E-state index contributed by atoms with van der Waals surface area (Å²) in [6.07, 6.45) is 10.5. The zero-order chi connectivity index (χ0) is 19.4. The van der Waals surface area contributed by atoms with Gasteiger partial charge in [0.05, 0.1) is 18.7 Å². The SMILES string of the molecule is COc1cc(CBr)c(Br)c(OC)c1C(=O)N(C1CCCCC1)C1CCCC1. The maximum atomic E-state index is 13.9. The second kappa shape index (κ2) is 9.64. The van der Waals surface area contributed by atoms with Crippen molar-refractivity contribution >= 4 is 37.8 Å². The van der Waals surface area contributed by atoms with Gasteiger partial charge >= 0.3 is 0 Å². The van der Waals surface area contributed by atoms with Crippen LogP contribution in [0.4, 0.5) is 0 Å². The summed E-state index contributed by atoms with van der Waals surface area (Å²) in [5.74, 6) is 1.23. The number of carbonyl (C=O) groups is 1. The van der Waals surface area contributed by atoms with Crippen molar-refractivity contribution in [3.63, 3.8) is 0 Å². The summed E-state index contributed by atoms with van der Waals surface area (Å²) in [5.41, 5.74) is 1.55. The molecule has 2 fully saturated rings. The molecule has 0 bridgehead atoms. The molecule has 1 aromatic rings. The molecule has 0 spiro atoms. The molecule has 150 valence electrons. The normalized spacial score (nSPS) is 18.5. The molecule has 4 nitrogen and oxygen atoms in total. The van der Waals surface area contributed by atoms with Crippen LogP contribution in [-0.4, -0.2) is 37.1 Å². The number of methoxy groups -OCH3 is 2. The Hall–Kier alpha value is -0.750. The highest BCUT2D eigenvalue weighted by Crippen LogP contribution is 2.42. The molecule has 0 N–H and O–H groups in total. The lowest BCUT2D eigenvalue weighted by atomic mass is 9.92. The first kappa shape index (κ1) is 21.0. The van der Waals surface area contributed by atoms with Crippen LogP contribution in [0.3, 0.4) is 0 Å². The predicted octanol–water partition coefficient (Wildman–Crippen LogP) is 6.08. The van der Waals surface area contributed by atoms with Gasteiger partial charge in [-0.15, -0.1) is 0 Å². The van der Waals surface area contributed by atoms with E-state index in [1.807, 2.05) is 6.07 Å². The topological polar surface area (TPSA) is 38.8 Å². The van der Waals surface area contributed by atoms with E-state index in [9.17, 15) is 4.79 Å². The summed E-state index contributed by atoms with van der Waals surface area (Å²) < 4.78 is 12.1. The van der Waals surface area contributed by atoms with E-state index in [-0.39, 0.29) is 5.91 Å². The molecule has 0 aliphatic heterocycles. The van der Waals surface area contributed by atoms with Crippen LogP contribution < -0.4 is 9.47 Å². The Morgan fingerprint density at radius 2 is 1.59 bits per heavy atom. The quantitative estimate of drug-likeness (QED) is 0.442. The molecule has 0 saturated heterocycles. The Morgan fingerprint density at radius 3 is 2.07 bits per heavy atom. The summed E-state index contributed by atoms with van der Waals surface area (Å²) in [4.78, 5) is 16.1. The fourth-order valence-corrected chi connectivity index (χ4v) is 6.05. The second-order valence-electron chi connectivity index (χ2n) is 7.54. The van der Waals surface area contributed by atoms with Crippen molar-refractivity contribution in [1.29, 1.82) is 0 Å². The molecule has 0 radical (unpaired) electrons. The van der Waals surface area contributed by atoms with Crippen molar-refractivity contribution < 1.29 is 14.3 Å². The standard InChI is InChI=1S/C21H29Br2NO3/c1-26-17-12-14(13-22)19(23)20(27-2)18(17)21(25)24(16-10-6-7-11-16)15-8-4-3-5-9-15/h12,15-16H,3-11,13H2,1-2H3. The highest BCUT2D eigenvalue weighted by molar-refractivity contribution is 9.11. The van der Waals surface area contributed by atoms with Gasteiger partial charge in [0, 0.05) is 17.4 Å². The van der Waals surface area contributed by atoms with Crippen LogP contribution in [0, 0.1) is 0 Å². The Balaban J connectivity index is 2.05. The third kappa shape index (κ3) is 4.31. The summed E-state index contributed by atoms with van der Waals surface area (Å²) in [7, 11) is 3.24. The van der Waals surface area contributed by atoms with Gasteiger partial charge in [0.25, 0.3) is 5.91 Å². The van der Waals surface area contributed by atoms with E-state index in [2.05, 4.69) is 36.8 Å². The number of rotatable bonds is 6. The van der Waals surface area contributed by atoms with E-state index in [0.717, 1.165) is 35.7 Å². The van der Waals surface area contributed by atoms with Crippen molar-refractivity contribution in [2.24, 2.45) is 0 Å². The number of hydrogen-bond acceptors (Lipinski definition) is 3. The van der Waals surface area contributed by atoms with Gasteiger partial charge in [-0.2, -0.15) is 0 Å². The average molecular weight is 503 g/mol. The molecular formula is C21H29Br2NO3. The minimum atomic E-state index is 0.0596. The van der Waals surface area contributed by atoms with Crippen LogP contribution in [0.2, 0.25) is 0 Å². The number of carbonyl (C=O) groups excluding carboxylic acids is 1. The maximum Gasteiger partial charge on any atom is 0.261 e. The fourth-order valence-electron chi connectivity index (χ4n) is 4.61. The molecule has 6 heteroatoms. The van der Waals surface area contributed by atoms with Gasteiger partial charge in [0.1, 0.15) is 17.1 Å². The average Bonchev–Trinajstić information content (AvgIpc) is 3.22. The first-order chi connectivity index (χ1) is 13.1. The minimum absolute atomic E-state index is 0.0596. The molecule has 3 rings (SSSR count). The van der Waals surface area contributed by atoms with E-state index >= 15 is 0 Å². The van der Waals surface area contributed by atoms with Crippen molar-refractivity contribution in [2.45, 2.75) is 75.2 Å². The van der Waals surface area contributed by atoms with Crippen LogP contribution in [0.15, 0.2) is 10.5 Å². The lowest BCUT2D eigenvalue weighted by molar-refractivity contribution is 0.0511. The van der Waals surface area contributed by atoms with Gasteiger partial charge in [-0.1, -0.05) is 48.0 Å². The summed E-state index contributed by atoms with van der Waals surface area (Å²) in [6.45, 7) is 0. The van der Waals surface area contributed by atoms with Gasteiger partial charge in [-0.25, -0.2) is 0 Å². The van der Waals surface area contributed by atoms with E-state index in [1.165, 1.54) is 32.1 Å². The number of benzene rings is 1. The lowest BCUT2D eigenvalue weighted by Crippen LogP contribution is -2.47. The predicted molar refractivity (Wildman–Crippen MR) is 115 cm³/mol. The van der Waals surface area contributed by atoms with Crippen LogP contribution in [0.1, 0.15) is 73.7 Å². The number of ether oxygens (including phenoxy) is 2. The summed E-state index contributed by atoms with van der Waals surface area (Å²) in [5, 5.41) is 0.656. The molecule has 0 aromatic heterocycles. The van der Waals surface area contributed by atoms with Gasteiger partial charge in [-0.3, -0.25) is 4.79 Å². The van der Waals surface area contributed by atoms with Crippen LogP contribution in [0.5, 0.6) is 11.5 Å². The summed E-state index contributed by atoms with van der Waals surface area (Å²) in [6, 6.07) is 2.60. The Kier molecular flexibility index (Phi) is 7.49. The second-order valence-corrected chi connectivity index (χ2v) is 8.89. The van der Waals surface area contributed by atoms with Crippen molar-refractivity contribution in [3.05, 3.63) is 21.7 Å². The number of nitrogens with zero attached hydrogens (tertiary/aromatic N) is 1. The van der Waals surface area contributed by atoms with Gasteiger partial charge in [0.15, 0.2) is 0 Å². The highest BCUT2D eigenvalue weighted by Gasteiger charge is 2.37. The molecule has 0 atom stereocenters. The van der Waals surface area contributed by atoms with Gasteiger partial charge in [0.2, 0.25) is 0 Å². The fraction of sp³-hybridized carbons (Fsp3) is 0.667. The van der Waals surface area contributed by atoms with Gasteiger partial charge in [-0.05, 0) is 53.2 Å². The third-order valence-electron chi connectivity index (χ3n) is 5.96. The molecule has 2 saturated carbocycles. The van der Waals surface area contributed by atoms with E-state index in [1.54, 1.807) is 14.2 Å². The van der Waals surface area contributed by atoms with Crippen molar-refractivity contribution in [1.82, 2.24) is 4.90 Å². The van der Waals surface area contributed by atoms with Crippen LogP contribution in [-0.2, 0) is 5.33 Å². The molecule has 1 aromatic carbocycles. The number of halogens is 2. The molecule has 0 unspecified atom stereocenters. The number of amides is 1. The van der Waals surface area contributed by atoms with Crippen molar-refractivity contribution in [3.8, 4) is 11.5 Å². The molecule has 2 aliphatic carbocycles.